The van der Waals surface area contributed by atoms with Crippen LogP contribution in [0.1, 0.15) is 0 Å². The van der Waals surface area contributed by atoms with E-state index in [0.29, 0.717) is 5.75 Å². The second-order valence-electron chi connectivity index (χ2n) is 5.73. The number of rotatable bonds is 7. The van der Waals surface area contributed by atoms with E-state index < -0.39 is 6.10 Å². The van der Waals surface area contributed by atoms with Crippen LogP contribution in [0.25, 0.3) is 10.9 Å². The number of hydrogen-bond donors (Lipinski definition) is 2. The largest absolute Gasteiger partial charge is 0.491 e. The Balaban J connectivity index is 1.44. The lowest BCUT2D eigenvalue weighted by Crippen LogP contribution is -2.36. The van der Waals surface area contributed by atoms with Crippen molar-refractivity contribution in [2.24, 2.45) is 0 Å². The highest BCUT2D eigenvalue weighted by molar-refractivity contribution is 5.83. The van der Waals surface area contributed by atoms with Crippen LogP contribution in [0.5, 0.6) is 5.75 Å². The molecule has 0 radical (unpaired) electrons. The van der Waals surface area contributed by atoms with Crippen LogP contribution in [0, 0.1) is 5.82 Å². The lowest BCUT2D eigenvalue weighted by molar-refractivity contribution is -0.122. The third kappa shape index (κ3) is 4.58. The summed E-state index contributed by atoms with van der Waals surface area (Å²) in [5, 5.41) is 13.6. The van der Waals surface area contributed by atoms with E-state index >= 15 is 0 Å². The molecule has 0 saturated heterocycles. The second kappa shape index (κ2) is 7.81. The fourth-order valence-electron chi connectivity index (χ4n) is 2.50. The number of carbonyl (C=O) groups excluding carboxylic acids is 1. The average molecular weight is 342 g/mol. The molecule has 0 fully saturated rings. The second-order valence-corrected chi connectivity index (χ2v) is 5.73. The predicted molar refractivity (Wildman–Crippen MR) is 92.8 cm³/mol. The lowest BCUT2D eigenvalue weighted by atomic mass is 10.2. The number of amides is 1. The van der Waals surface area contributed by atoms with Crippen molar-refractivity contribution in [2.75, 3.05) is 13.2 Å². The van der Waals surface area contributed by atoms with Crippen LogP contribution >= 0.6 is 0 Å². The molecule has 0 spiro atoms. The Kier molecular flexibility index (Phi) is 5.30. The van der Waals surface area contributed by atoms with Crippen molar-refractivity contribution in [3.8, 4) is 5.75 Å². The molecule has 25 heavy (non-hydrogen) atoms. The molecule has 3 rings (SSSR count). The SMILES string of the molecule is O=C(Cn1ccc2ccccc21)NCC(O)COc1ccc(F)cc1. The molecule has 5 nitrogen and oxygen atoms in total. The first-order valence-electron chi connectivity index (χ1n) is 7.99. The van der Waals surface area contributed by atoms with Crippen LogP contribution in [0.15, 0.2) is 60.8 Å². The molecule has 0 saturated carbocycles. The predicted octanol–water partition coefficient (Wildman–Crippen LogP) is 2.34. The monoisotopic (exact) mass is 342 g/mol. The van der Waals surface area contributed by atoms with Crippen molar-refractivity contribution in [3.63, 3.8) is 0 Å². The maximum atomic E-state index is 12.8. The summed E-state index contributed by atoms with van der Waals surface area (Å²) in [7, 11) is 0. The van der Waals surface area contributed by atoms with Gasteiger partial charge in [0.2, 0.25) is 5.91 Å². The van der Waals surface area contributed by atoms with Gasteiger partial charge in [0.15, 0.2) is 0 Å². The van der Waals surface area contributed by atoms with Gasteiger partial charge in [-0.05, 0) is 41.8 Å². The number of halogens is 1. The van der Waals surface area contributed by atoms with Gasteiger partial charge < -0.3 is 19.7 Å². The zero-order valence-corrected chi connectivity index (χ0v) is 13.6. The van der Waals surface area contributed by atoms with Gasteiger partial charge in [-0.3, -0.25) is 4.79 Å². The van der Waals surface area contributed by atoms with Gasteiger partial charge in [-0.1, -0.05) is 18.2 Å². The molecular formula is C19H19FN2O3. The first-order valence-corrected chi connectivity index (χ1v) is 7.99. The molecule has 0 aliphatic carbocycles. The molecular weight excluding hydrogens is 323 g/mol. The van der Waals surface area contributed by atoms with Gasteiger partial charge >= 0.3 is 0 Å². The van der Waals surface area contributed by atoms with E-state index in [4.69, 9.17) is 4.74 Å². The Morgan fingerprint density at radius 3 is 2.72 bits per heavy atom. The topological polar surface area (TPSA) is 63.5 Å². The number of nitrogens with one attached hydrogen (secondary N) is 1. The van der Waals surface area contributed by atoms with Crippen LogP contribution in [-0.4, -0.2) is 34.8 Å². The average Bonchev–Trinajstić information content (AvgIpc) is 3.02. The first-order chi connectivity index (χ1) is 12.1. The minimum Gasteiger partial charge on any atom is -0.491 e. The maximum Gasteiger partial charge on any atom is 0.240 e. The summed E-state index contributed by atoms with van der Waals surface area (Å²) >= 11 is 0. The van der Waals surface area contributed by atoms with Crippen LogP contribution in [0.3, 0.4) is 0 Å². The highest BCUT2D eigenvalue weighted by Crippen LogP contribution is 2.14. The van der Waals surface area contributed by atoms with E-state index in [-0.39, 0.29) is 31.4 Å². The Morgan fingerprint density at radius 2 is 1.92 bits per heavy atom. The molecule has 6 heteroatoms. The van der Waals surface area contributed by atoms with Gasteiger partial charge in [-0.2, -0.15) is 0 Å². The van der Waals surface area contributed by atoms with Crippen molar-refractivity contribution < 1.29 is 19.0 Å². The molecule has 0 aliphatic heterocycles. The van der Waals surface area contributed by atoms with Crippen molar-refractivity contribution in [2.45, 2.75) is 12.6 Å². The van der Waals surface area contributed by atoms with Gasteiger partial charge in [0.25, 0.3) is 0 Å². The number of hydrogen-bond acceptors (Lipinski definition) is 3. The fraction of sp³-hybridized carbons (Fsp3) is 0.211. The number of para-hydroxylation sites is 1. The van der Waals surface area contributed by atoms with Crippen molar-refractivity contribution in [3.05, 3.63) is 66.6 Å². The summed E-state index contributed by atoms with van der Waals surface area (Å²) < 4.78 is 20.0. The summed E-state index contributed by atoms with van der Waals surface area (Å²) in [5.41, 5.74) is 0.984. The van der Waals surface area contributed by atoms with Crippen molar-refractivity contribution in [1.29, 1.82) is 0 Å². The standard InChI is InChI=1S/C19H19FN2O3/c20-15-5-7-17(8-6-15)25-13-16(23)11-21-19(24)12-22-10-9-14-3-1-2-4-18(14)22/h1-10,16,23H,11-13H2,(H,21,24). The van der Waals surface area contributed by atoms with Crippen LogP contribution in [0.4, 0.5) is 4.39 Å². The van der Waals surface area contributed by atoms with Crippen LogP contribution in [0.2, 0.25) is 0 Å². The van der Waals surface area contributed by atoms with Gasteiger partial charge in [0.1, 0.15) is 30.8 Å². The van der Waals surface area contributed by atoms with Crippen LogP contribution in [-0.2, 0) is 11.3 Å². The maximum absolute atomic E-state index is 12.8. The Morgan fingerprint density at radius 1 is 1.16 bits per heavy atom. The summed E-state index contributed by atoms with van der Waals surface area (Å²) in [6, 6.07) is 15.3. The van der Waals surface area contributed by atoms with Gasteiger partial charge in [-0.25, -0.2) is 4.39 Å². The zero-order valence-electron chi connectivity index (χ0n) is 13.6. The molecule has 1 unspecified atom stereocenters. The molecule has 130 valence electrons. The third-order valence-corrected chi connectivity index (χ3v) is 3.79. The van der Waals surface area contributed by atoms with Crippen molar-refractivity contribution in [1.82, 2.24) is 9.88 Å². The van der Waals surface area contributed by atoms with Gasteiger partial charge in [0.05, 0.1) is 0 Å². The Bertz CT molecular complexity index is 845. The number of aromatic nitrogens is 1. The number of benzene rings is 2. The van der Waals surface area contributed by atoms with Crippen molar-refractivity contribution >= 4 is 16.8 Å². The van der Waals surface area contributed by atoms with E-state index in [1.165, 1.54) is 24.3 Å². The molecule has 1 heterocycles. The number of aliphatic hydroxyl groups is 1. The molecule has 0 aliphatic rings. The lowest BCUT2D eigenvalue weighted by Gasteiger charge is -2.14. The molecule has 1 atom stereocenters. The van der Waals surface area contributed by atoms with E-state index in [2.05, 4.69) is 5.32 Å². The number of ether oxygens (including phenoxy) is 1. The first kappa shape index (κ1) is 17.0. The van der Waals surface area contributed by atoms with Crippen LogP contribution < -0.4 is 10.1 Å². The summed E-state index contributed by atoms with van der Waals surface area (Å²) in [5.74, 6) is -0.0783. The Hall–Kier alpha value is -2.86. The molecule has 1 amide bonds. The number of fused-ring (bicyclic) bond motifs is 1. The van der Waals surface area contributed by atoms with Gasteiger partial charge in [0, 0.05) is 18.3 Å². The summed E-state index contributed by atoms with van der Waals surface area (Å²) in [4.78, 5) is 12.0. The molecule has 1 aromatic heterocycles. The molecule has 2 N–H and O–H groups in total. The highest BCUT2D eigenvalue weighted by atomic mass is 19.1. The zero-order chi connectivity index (χ0) is 17.6. The summed E-state index contributed by atoms with van der Waals surface area (Å²) in [6.45, 7) is 0.274. The fourth-order valence-corrected chi connectivity index (χ4v) is 2.50. The number of aliphatic hydroxyl groups excluding tert-OH is 1. The highest BCUT2D eigenvalue weighted by Gasteiger charge is 2.10. The normalized spacial score (nSPS) is 12.1. The van der Waals surface area contributed by atoms with Gasteiger partial charge in [-0.15, -0.1) is 0 Å². The summed E-state index contributed by atoms with van der Waals surface area (Å²) in [6.07, 6.45) is 1.01. The minimum atomic E-state index is -0.851. The molecule has 0 bridgehead atoms. The van der Waals surface area contributed by atoms with E-state index in [1.54, 1.807) is 0 Å². The van der Waals surface area contributed by atoms with E-state index in [1.807, 2.05) is 41.1 Å². The Labute approximate surface area is 144 Å². The quantitative estimate of drug-likeness (QED) is 0.693. The number of nitrogens with zero attached hydrogens (tertiary/aromatic N) is 1. The molecule has 3 aromatic rings. The van der Waals surface area contributed by atoms with E-state index in [0.717, 1.165) is 10.9 Å². The molecule has 2 aromatic carbocycles. The minimum absolute atomic E-state index is 0.0123. The third-order valence-electron chi connectivity index (χ3n) is 3.79. The number of carbonyl (C=O) groups is 1. The smallest absolute Gasteiger partial charge is 0.240 e. The van der Waals surface area contributed by atoms with E-state index in [9.17, 15) is 14.3 Å².